The Hall–Kier alpha value is -2.88. The maximum Gasteiger partial charge on any atom is 0.267 e. The van der Waals surface area contributed by atoms with Gasteiger partial charge in [0, 0.05) is 31.4 Å². The van der Waals surface area contributed by atoms with Crippen LogP contribution in [0.4, 0.5) is 11.6 Å². The molecule has 0 radical (unpaired) electrons. The molecule has 2 aromatic heterocycles. The molecule has 7 nitrogen and oxygen atoms in total. The second-order valence-corrected chi connectivity index (χ2v) is 6.80. The third-order valence-electron chi connectivity index (χ3n) is 4.65. The van der Waals surface area contributed by atoms with E-state index < -0.39 is 0 Å². The highest BCUT2D eigenvalue weighted by Crippen LogP contribution is 2.23. The van der Waals surface area contributed by atoms with Gasteiger partial charge < -0.3 is 10.2 Å². The Kier molecular flexibility index (Phi) is 5.52. The average Bonchev–Trinajstić information content (AvgIpc) is 2.67. The van der Waals surface area contributed by atoms with Crippen molar-refractivity contribution >= 4 is 11.6 Å². The maximum atomic E-state index is 12.0. The molecule has 1 aliphatic rings. The van der Waals surface area contributed by atoms with Crippen LogP contribution in [0, 0.1) is 11.3 Å². The van der Waals surface area contributed by atoms with Crippen molar-refractivity contribution in [1.82, 2.24) is 14.8 Å². The van der Waals surface area contributed by atoms with E-state index in [1.165, 1.54) is 4.68 Å². The standard InChI is InChI=1S/C19H24N6O/c1-14(2)25-18(26)9-8-17(23-25)24-11-4-3-7-16(24)13-22-19-15(12-20)6-5-10-21-19/h5-6,8-10,14,16H,3-4,7,11,13H2,1-2H3,(H,21,22). The minimum Gasteiger partial charge on any atom is -0.367 e. The summed E-state index contributed by atoms with van der Waals surface area (Å²) in [6, 6.07) is 9.34. The molecule has 0 bridgehead atoms. The molecule has 0 aliphatic carbocycles. The van der Waals surface area contributed by atoms with E-state index in [0.717, 1.165) is 31.6 Å². The fourth-order valence-electron chi connectivity index (χ4n) is 3.30. The monoisotopic (exact) mass is 352 g/mol. The van der Waals surface area contributed by atoms with Gasteiger partial charge >= 0.3 is 0 Å². The normalized spacial score (nSPS) is 17.2. The Morgan fingerprint density at radius 3 is 2.96 bits per heavy atom. The van der Waals surface area contributed by atoms with E-state index in [1.54, 1.807) is 30.5 Å². The zero-order valence-electron chi connectivity index (χ0n) is 15.2. The van der Waals surface area contributed by atoms with E-state index in [4.69, 9.17) is 0 Å². The number of anilines is 2. The Morgan fingerprint density at radius 1 is 1.35 bits per heavy atom. The van der Waals surface area contributed by atoms with Crippen LogP contribution in [0.5, 0.6) is 0 Å². The lowest BCUT2D eigenvalue weighted by Crippen LogP contribution is -2.45. The van der Waals surface area contributed by atoms with Crippen LogP contribution in [-0.4, -0.2) is 33.9 Å². The summed E-state index contributed by atoms with van der Waals surface area (Å²) in [6.07, 6.45) is 4.97. The summed E-state index contributed by atoms with van der Waals surface area (Å²) < 4.78 is 1.53. The van der Waals surface area contributed by atoms with Crippen LogP contribution in [0.2, 0.25) is 0 Å². The minimum atomic E-state index is -0.0809. The van der Waals surface area contributed by atoms with Gasteiger partial charge in [0.15, 0.2) is 0 Å². The number of hydrogen-bond acceptors (Lipinski definition) is 6. The van der Waals surface area contributed by atoms with Gasteiger partial charge in [-0.15, -0.1) is 0 Å². The van der Waals surface area contributed by atoms with E-state index >= 15 is 0 Å². The summed E-state index contributed by atoms with van der Waals surface area (Å²) in [7, 11) is 0. The molecule has 136 valence electrons. The SMILES string of the molecule is CC(C)n1nc(N2CCCCC2CNc2ncccc2C#N)ccc1=O. The van der Waals surface area contributed by atoms with Crippen molar-refractivity contribution in [3.8, 4) is 6.07 Å². The van der Waals surface area contributed by atoms with Gasteiger partial charge in [0.25, 0.3) is 5.56 Å². The lowest BCUT2D eigenvalue weighted by atomic mass is 10.0. The highest BCUT2D eigenvalue weighted by atomic mass is 16.1. The van der Waals surface area contributed by atoms with Crippen LogP contribution < -0.4 is 15.8 Å². The third kappa shape index (κ3) is 3.85. The largest absolute Gasteiger partial charge is 0.367 e. The molecule has 26 heavy (non-hydrogen) atoms. The molecular weight excluding hydrogens is 328 g/mol. The Morgan fingerprint density at radius 2 is 2.19 bits per heavy atom. The molecule has 7 heteroatoms. The summed E-state index contributed by atoms with van der Waals surface area (Å²) in [5, 5.41) is 17.1. The van der Waals surface area contributed by atoms with Gasteiger partial charge in [0.05, 0.1) is 11.6 Å². The molecule has 2 aromatic rings. The molecule has 3 rings (SSSR count). The lowest BCUT2D eigenvalue weighted by molar-refractivity contribution is 0.451. The molecular formula is C19H24N6O. The summed E-state index contributed by atoms with van der Waals surface area (Å²) in [5.74, 6) is 1.44. The van der Waals surface area contributed by atoms with E-state index in [-0.39, 0.29) is 17.6 Å². The highest BCUT2D eigenvalue weighted by Gasteiger charge is 2.24. The molecule has 1 fully saturated rings. The third-order valence-corrected chi connectivity index (χ3v) is 4.65. The number of rotatable bonds is 5. The van der Waals surface area contributed by atoms with Gasteiger partial charge in [0.2, 0.25) is 0 Å². The van der Waals surface area contributed by atoms with E-state index in [0.29, 0.717) is 17.9 Å². The second-order valence-electron chi connectivity index (χ2n) is 6.80. The van der Waals surface area contributed by atoms with Gasteiger partial charge in [0.1, 0.15) is 17.7 Å². The van der Waals surface area contributed by atoms with Crippen LogP contribution in [0.1, 0.15) is 44.7 Å². The summed E-state index contributed by atoms with van der Waals surface area (Å²) in [6.45, 7) is 5.49. The van der Waals surface area contributed by atoms with Crippen LogP contribution in [0.3, 0.4) is 0 Å². The first kappa shape index (κ1) is 17.9. The lowest BCUT2D eigenvalue weighted by Gasteiger charge is -2.37. The van der Waals surface area contributed by atoms with E-state index in [2.05, 4.69) is 26.4 Å². The molecule has 0 amide bonds. The summed E-state index contributed by atoms with van der Waals surface area (Å²) >= 11 is 0. The molecule has 3 heterocycles. The molecule has 1 saturated heterocycles. The number of hydrogen-bond donors (Lipinski definition) is 1. The first-order chi connectivity index (χ1) is 12.6. The van der Waals surface area contributed by atoms with E-state index in [1.807, 2.05) is 13.8 Å². The van der Waals surface area contributed by atoms with E-state index in [9.17, 15) is 10.1 Å². The fourth-order valence-corrected chi connectivity index (χ4v) is 3.30. The second kappa shape index (κ2) is 8.00. The molecule has 1 aliphatic heterocycles. The van der Waals surface area contributed by atoms with Crippen molar-refractivity contribution in [2.75, 3.05) is 23.3 Å². The van der Waals surface area contributed by atoms with Crippen LogP contribution >= 0.6 is 0 Å². The first-order valence-corrected chi connectivity index (χ1v) is 9.05. The number of pyridine rings is 1. The van der Waals surface area contributed by atoms with Crippen molar-refractivity contribution in [2.24, 2.45) is 0 Å². The Labute approximate surface area is 153 Å². The zero-order chi connectivity index (χ0) is 18.5. The van der Waals surface area contributed by atoms with Crippen molar-refractivity contribution in [3.63, 3.8) is 0 Å². The van der Waals surface area contributed by atoms with Gasteiger partial charge in [-0.05, 0) is 51.3 Å². The maximum absolute atomic E-state index is 12.0. The fraction of sp³-hybridized carbons (Fsp3) is 0.474. The van der Waals surface area contributed by atoms with Crippen LogP contribution in [-0.2, 0) is 0 Å². The van der Waals surface area contributed by atoms with Gasteiger partial charge in [-0.3, -0.25) is 4.79 Å². The molecule has 1 unspecified atom stereocenters. The number of aromatic nitrogens is 3. The minimum absolute atomic E-state index is 0.0236. The molecule has 0 saturated carbocycles. The van der Waals surface area contributed by atoms with Gasteiger partial charge in [-0.25, -0.2) is 9.67 Å². The van der Waals surface area contributed by atoms with Gasteiger partial charge in [-0.2, -0.15) is 10.4 Å². The summed E-state index contributed by atoms with van der Waals surface area (Å²) in [5.41, 5.74) is 0.462. The molecule has 0 spiro atoms. The number of nitriles is 1. The van der Waals surface area contributed by atoms with Crippen molar-refractivity contribution in [2.45, 2.75) is 45.2 Å². The van der Waals surface area contributed by atoms with Crippen LogP contribution in [0.15, 0.2) is 35.3 Å². The van der Waals surface area contributed by atoms with Gasteiger partial charge in [-0.1, -0.05) is 0 Å². The van der Waals surface area contributed by atoms with Crippen molar-refractivity contribution in [1.29, 1.82) is 5.26 Å². The van der Waals surface area contributed by atoms with Crippen LogP contribution in [0.25, 0.3) is 0 Å². The van der Waals surface area contributed by atoms with Crippen molar-refractivity contribution in [3.05, 3.63) is 46.4 Å². The smallest absolute Gasteiger partial charge is 0.267 e. The Balaban J connectivity index is 1.79. The van der Waals surface area contributed by atoms with Crippen molar-refractivity contribution < 1.29 is 0 Å². The quantitative estimate of drug-likeness (QED) is 0.890. The predicted molar refractivity (Wildman–Crippen MR) is 101 cm³/mol. The topological polar surface area (TPSA) is 86.8 Å². The first-order valence-electron chi connectivity index (χ1n) is 9.05. The molecule has 1 N–H and O–H groups in total. The highest BCUT2D eigenvalue weighted by molar-refractivity contribution is 5.51. The number of nitrogens with one attached hydrogen (secondary N) is 1. The average molecular weight is 352 g/mol. The molecule has 0 aromatic carbocycles. The number of nitrogens with zero attached hydrogens (tertiary/aromatic N) is 5. The number of piperidine rings is 1. The summed E-state index contributed by atoms with van der Waals surface area (Å²) in [4.78, 5) is 18.5. The molecule has 1 atom stereocenters. The zero-order valence-corrected chi connectivity index (χ0v) is 15.2. The predicted octanol–water partition coefficient (Wildman–Crippen LogP) is 2.56. The Bertz CT molecular complexity index is 854.